The lowest BCUT2D eigenvalue weighted by Gasteiger charge is -2.46. The second-order valence-corrected chi connectivity index (χ2v) is 17.4. The summed E-state index contributed by atoms with van der Waals surface area (Å²) in [5.74, 6) is -2.60. The molecule has 16 nitrogen and oxygen atoms in total. The highest BCUT2D eigenvalue weighted by Crippen LogP contribution is 2.35. The highest BCUT2D eigenvalue weighted by Gasteiger charge is 2.50. The van der Waals surface area contributed by atoms with Gasteiger partial charge in [-0.25, -0.2) is 9.59 Å². The first-order valence-corrected chi connectivity index (χ1v) is 22.1. The molecule has 0 bridgehead atoms. The van der Waals surface area contributed by atoms with Crippen molar-refractivity contribution in [2.45, 2.75) is 174 Å². The molecule has 0 aromatic heterocycles. The number of phenolic OH excluding ortho intramolecular Hbond substituents is 2. The molecule has 0 radical (unpaired) electrons. The number of rotatable bonds is 11. The van der Waals surface area contributed by atoms with E-state index < -0.39 is 96.9 Å². The first kappa shape index (κ1) is 52.7. The minimum Gasteiger partial charge on any atom is -0.508 e. The van der Waals surface area contributed by atoms with Gasteiger partial charge in [-0.1, -0.05) is 56.7 Å². The first-order chi connectivity index (χ1) is 30.2. The molecule has 0 amide bonds. The second kappa shape index (κ2) is 23.5. The molecule has 3 heterocycles. The van der Waals surface area contributed by atoms with Crippen LogP contribution in [0, 0.1) is 5.92 Å². The van der Waals surface area contributed by atoms with Crippen LogP contribution in [0.25, 0.3) is 0 Å². The lowest BCUT2D eigenvalue weighted by Crippen LogP contribution is -2.63. The number of phenols is 2. The second-order valence-electron chi connectivity index (χ2n) is 17.4. The molecule has 16 heteroatoms. The molecule has 3 aliphatic rings. The number of allylic oxidation sites excluding steroid dienone is 4. The summed E-state index contributed by atoms with van der Waals surface area (Å²) in [5, 5.41) is 75.1. The smallest absolute Gasteiger partial charge is 0.342 e. The van der Waals surface area contributed by atoms with Crippen molar-refractivity contribution in [3.63, 3.8) is 0 Å². The third-order valence-electron chi connectivity index (χ3n) is 12.1. The largest absolute Gasteiger partial charge is 0.508 e. The van der Waals surface area contributed by atoms with Gasteiger partial charge in [-0.3, -0.25) is 0 Å². The third kappa shape index (κ3) is 13.1. The summed E-state index contributed by atoms with van der Waals surface area (Å²) in [6.45, 7) is 15.6. The van der Waals surface area contributed by atoms with Gasteiger partial charge in [-0.2, -0.15) is 0 Å². The van der Waals surface area contributed by atoms with E-state index in [0.29, 0.717) is 36.8 Å². The number of aryl methyl sites for hydroxylation is 1. The van der Waals surface area contributed by atoms with Gasteiger partial charge in [0.1, 0.15) is 53.7 Å². The molecule has 1 aromatic carbocycles. The summed E-state index contributed by atoms with van der Waals surface area (Å²) in [4.78, 5) is 27.1. The predicted molar refractivity (Wildman–Crippen MR) is 235 cm³/mol. The number of carbonyl (C=O) groups excluding carboxylic acids is 2. The van der Waals surface area contributed by atoms with E-state index >= 15 is 0 Å². The van der Waals surface area contributed by atoms with Crippen LogP contribution < -0.4 is 0 Å². The van der Waals surface area contributed by atoms with E-state index in [4.69, 9.17) is 33.2 Å². The Morgan fingerprint density at radius 3 is 2.25 bits per heavy atom. The average Bonchev–Trinajstić information content (AvgIpc) is 3.24. The number of hydrogen-bond acceptors (Lipinski definition) is 16. The Bertz CT molecular complexity index is 1900. The number of hydrogen-bond donors (Lipinski definition) is 7. The molecule has 1 aromatic rings. The molecule has 64 heavy (non-hydrogen) atoms. The number of methoxy groups -OCH3 is 1. The van der Waals surface area contributed by atoms with Gasteiger partial charge >= 0.3 is 11.9 Å². The highest BCUT2D eigenvalue weighted by atomic mass is 16.7. The SMILES string of the molecule is CCc1cc(O)cc(O)c1C(=O)O[C@H]1[C@H](O)[C@H](OC)[C@H](OC/C2=C\C=C\C[C@H](O)/C(C)=C/[C@H](CC)[C@@H](O[C@@H]3OC(C)(C)[C@@H](O)[C@H](O)[C@@H]3O)/C(C)=C/C(C)=C/C[C@@H](CC)OC2=O)O[C@@H]1C. The maximum atomic E-state index is 13.8. The number of aliphatic hydroxyl groups excluding tert-OH is 5. The van der Waals surface area contributed by atoms with E-state index in [9.17, 15) is 45.3 Å². The van der Waals surface area contributed by atoms with Gasteiger partial charge in [-0.05, 0) is 96.1 Å². The number of aromatic hydroxyl groups is 2. The zero-order valence-corrected chi connectivity index (χ0v) is 38.7. The topological polar surface area (TPSA) is 240 Å². The van der Waals surface area contributed by atoms with Gasteiger partial charge in [0, 0.05) is 25.5 Å². The van der Waals surface area contributed by atoms with E-state index in [1.54, 1.807) is 46.8 Å². The van der Waals surface area contributed by atoms with Gasteiger partial charge in [0.2, 0.25) is 0 Å². The Morgan fingerprint density at radius 2 is 1.61 bits per heavy atom. The molecule has 3 aliphatic heterocycles. The predicted octanol–water partition coefficient (Wildman–Crippen LogP) is 4.75. The summed E-state index contributed by atoms with van der Waals surface area (Å²) in [6.07, 6.45) is -1.32. The number of ether oxygens (including phenoxy) is 7. The average molecular weight is 903 g/mol. The lowest BCUT2D eigenvalue weighted by molar-refractivity contribution is -0.331. The lowest BCUT2D eigenvalue weighted by atomic mass is 9.88. The number of carbonyl (C=O) groups is 2. The van der Waals surface area contributed by atoms with Gasteiger partial charge in [0.25, 0.3) is 0 Å². The quantitative estimate of drug-likeness (QED) is 0.117. The van der Waals surface area contributed by atoms with Crippen LogP contribution in [0.4, 0.5) is 0 Å². The van der Waals surface area contributed by atoms with E-state index in [1.807, 2.05) is 45.9 Å². The van der Waals surface area contributed by atoms with Crippen LogP contribution in [0.3, 0.4) is 0 Å². The number of aliphatic hydroxyl groups is 5. The Labute approximate surface area is 376 Å². The molecular formula is C48H70O16. The van der Waals surface area contributed by atoms with Crippen molar-refractivity contribution in [1.29, 1.82) is 0 Å². The van der Waals surface area contributed by atoms with Crippen molar-refractivity contribution < 1.29 is 78.5 Å². The van der Waals surface area contributed by atoms with Crippen LogP contribution in [-0.2, 0) is 44.4 Å². The molecule has 2 fully saturated rings. The molecule has 0 unspecified atom stereocenters. The van der Waals surface area contributed by atoms with Gasteiger partial charge in [0.15, 0.2) is 18.7 Å². The van der Waals surface area contributed by atoms with Crippen molar-refractivity contribution in [1.82, 2.24) is 0 Å². The fourth-order valence-corrected chi connectivity index (χ4v) is 8.04. The fraction of sp³-hybridized carbons (Fsp3) is 0.625. The maximum Gasteiger partial charge on any atom is 0.342 e. The van der Waals surface area contributed by atoms with Gasteiger partial charge in [0.05, 0.1) is 36.1 Å². The molecule has 0 aliphatic carbocycles. The third-order valence-corrected chi connectivity index (χ3v) is 12.1. The summed E-state index contributed by atoms with van der Waals surface area (Å²) in [5.41, 5.74) is 1.34. The molecule has 0 saturated carbocycles. The Morgan fingerprint density at radius 1 is 0.906 bits per heavy atom. The van der Waals surface area contributed by atoms with E-state index in [1.165, 1.54) is 19.3 Å². The summed E-state index contributed by atoms with van der Waals surface area (Å²) in [7, 11) is 1.32. The Kier molecular flexibility index (Phi) is 19.3. The summed E-state index contributed by atoms with van der Waals surface area (Å²) < 4.78 is 41.8. The van der Waals surface area contributed by atoms with Crippen LogP contribution in [-0.4, -0.2) is 141 Å². The molecule has 4 rings (SSSR count). The highest BCUT2D eigenvalue weighted by molar-refractivity contribution is 5.94. The van der Waals surface area contributed by atoms with Crippen LogP contribution in [0.5, 0.6) is 11.5 Å². The molecule has 0 spiro atoms. The molecule has 7 N–H and O–H groups in total. The fourth-order valence-electron chi connectivity index (χ4n) is 8.04. The van der Waals surface area contributed by atoms with E-state index in [0.717, 1.165) is 17.2 Å². The van der Waals surface area contributed by atoms with E-state index in [-0.39, 0.29) is 35.8 Å². The summed E-state index contributed by atoms with van der Waals surface area (Å²) in [6, 6.07) is 2.37. The number of cyclic esters (lactones) is 1. The van der Waals surface area contributed by atoms with Crippen molar-refractivity contribution in [3.05, 3.63) is 82.0 Å². The minimum atomic E-state index is -1.53. The van der Waals surface area contributed by atoms with Crippen molar-refractivity contribution >= 4 is 11.9 Å². The van der Waals surface area contributed by atoms with Crippen LogP contribution in [0.1, 0.15) is 104 Å². The van der Waals surface area contributed by atoms with Crippen LogP contribution in [0.2, 0.25) is 0 Å². The zero-order chi connectivity index (χ0) is 47.6. The van der Waals surface area contributed by atoms with E-state index in [2.05, 4.69) is 0 Å². The molecule has 13 atom stereocenters. The van der Waals surface area contributed by atoms with Crippen molar-refractivity contribution in [2.24, 2.45) is 5.92 Å². The van der Waals surface area contributed by atoms with Gasteiger partial charge < -0.3 is 68.9 Å². The number of benzene rings is 1. The first-order valence-electron chi connectivity index (χ1n) is 22.1. The molecule has 358 valence electrons. The Balaban J connectivity index is 1.57. The van der Waals surface area contributed by atoms with Crippen molar-refractivity contribution in [3.8, 4) is 11.5 Å². The maximum absolute atomic E-state index is 13.8. The molecular weight excluding hydrogens is 833 g/mol. The monoisotopic (exact) mass is 902 g/mol. The van der Waals surface area contributed by atoms with Crippen LogP contribution >= 0.6 is 0 Å². The minimum absolute atomic E-state index is 0.108. The number of esters is 2. The summed E-state index contributed by atoms with van der Waals surface area (Å²) >= 11 is 0. The standard InChI is InChI=1S/C48H70O16/c1-11-29-22-32(49)23-35(51)36(29)45(57)62-41-28(7)60-47(42(58-10)39(41)54)59-24-31-16-14-15-17-34(50)26(5)21-30(12-2)40(63-46-38(53)37(52)43(55)48(8,9)64-46)27(6)20-25(4)18-19-33(13-3)61-44(31)56/h14-16,18,20-23,28,30,33-34,37-43,46-47,49-55H,11-13,17,19,24H2,1-10H3/b15-14+,25-18+,26-21+,27-20+,31-16+/t28-,30+,33-,34+,37-,38+,39+,40+,41-,42+,43+,46-,47-/m1/s1. The Hall–Kier alpha value is -3.94. The van der Waals surface area contributed by atoms with Gasteiger partial charge in [-0.15, -0.1) is 0 Å². The normalized spacial score (nSPS) is 37.2. The van der Waals surface area contributed by atoms with Crippen molar-refractivity contribution in [2.75, 3.05) is 13.7 Å². The van der Waals surface area contributed by atoms with Crippen LogP contribution in [0.15, 0.2) is 70.9 Å². The zero-order valence-electron chi connectivity index (χ0n) is 38.7. The molecule has 2 saturated heterocycles.